The summed E-state index contributed by atoms with van der Waals surface area (Å²) in [6.07, 6.45) is 0. The first-order valence-corrected chi connectivity index (χ1v) is 7.02. The van der Waals surface area contributed by atoms with E-state index in [9.17, 15) is 4.39 Å². The van der Waals surface area contributed by atoms with Gasteiger partial charge in [0.2, 0.25) is 5.13 Å². The molecule has 17 heavy (non-hydrogen) atoms. The number of rotatable bonds is 5. The van der Waals surface area contributed by atoms with Crippen LogP contribution in [0.4, 0.5) is 9.52 Å². The highest BCUT2D eigenvalue weighted by Crippen LogP contribution is 2.26. The minimum atomic E-state index is -0.208. The van der Waals surface area contributed by atoms with Gasteiger partial charge in [-0.15, -0.1) is 22.0 Å². The van der Waals surface area contributed by atoms with E-state index >= 15 is 0 Å². The van der Waals surface area contributed by atoms with Crippen molar-refractivity contribution in [3.63, 3.8) is 0 Å². The molecule has 90 valence electrons. The summed E-state index contributed by atoms with van der Waals surface area (Å²) in [5, 5.41) is 13.0. The monoisotopic (exact) mass is 269 g/mol. The number of anilines is 1. The van der Waals surface area contributed by atoms with Gasteiger partial charge in [-0.1, -0.05) is 17.4 Å². The minimum Gasteiger partial charge on any atom is -0.360 e. The number of hydrogen-bond acceptors (Lipinski definition) is 5. The van der Waals surface area contributed by atoms with E-state index < -0.39 is 0 Å². The van der Waals surface area contributed by atoms with Gasteiger partial charge in [0.1, 0.15) is 10.8 Å². The predicted molar refractivity (Wildman–Crippen MR) is 70.0 cm³/mol. The van der Waals surface area contributed by atoms with Gasteiger partial charge >= 0.3 is 0 Å². The lowest BCUT2D eigenvalue weighted by atomic mass is 10.4. The van der Waals surface area contributed by atoms with Gasteiger partial charge < -0.3 is 5.32 Å². The van der Waals surface area contributed by atoms with Crippen molar-refractivity contribution in [1.29, 1.82) is 0 Å². The highest BCUT2D eigenvalue weighted by molar-refractivity contribution is 7.98. The summed E-state index contributed by atoms with van der Waals surface area (Å²) in [5.41, 5.74) is 0. The molecule has 0 atom stereocenters. The highest BCUT2D eigenvalue weighted by atomic mass is 32.2. The Kier molecular flexibility index (Phi) is 4.33. The van der Waals surface area contributed by atoms with Crippen LogP contribution in [0.1, 0.15) is 11.9 Å². The van der Waals surface area contributed by atoms with Gasteiger partial charge in [-0.3, -0.25) is 0 Å². The fourth-order valence-corrected chi connectivity index (χ4v) is 2.97. The SMILES string of the molecule is CCNc1nnc(CSc2cccc(F)c2)s1. The van der Waals surface area contributed by atoms with Gasteiger partial charge in [0.25, 0.3) is 0 Å². The van der Waals surface area contributed by atoms with Crippen LogP contribution in [0.3, 0.4) is 0 Å². The van der Waals surface area contributed by atoms with Gasteiger partial charge in [-0.2, -0.15) is 0 Å². The van der Waals surface area contributed by atoms with Crippen molar-refractivity contribution in [1.82, 2.24) is 10.2 Å². The van der Waals surface area contributed by atoms with E-state index in [1.807, 2.05) is 13.0 Å². The second-order valence-electron chi connectivity index (χ2n) is 3.28. The largest absolute Gasteiger partial charge is 0.360 e. The van der Waals surface area contributed by atoms with Crippen LogP contribution in [0, 0.1) is 5.82 Å². The third kappa shape index (κ3) is 3.67. The Morgan fingerprint density at radius 2 is 2.29 bits per heavy atom. The maximum atomic E-state index is 12.9. The number of benzene rings is 1. The van der Waals surface area contributed by atoms with E-state index in [0.717, 1.165) is 21.6 Å². The van der Waals surface area contributed by atoms with E-state index in [0.29, 0.717) is 5.75 Å². The molecule has 0 aliphatic heterocycles. The molecular formula is C11H12FN3S2. The van der Waals surface area contributed by atoms with Crippen LogP contribution in [0.2, 0.25) is 0 Å². The van der Waals surface area contributed by atoms with Crippen LogP contribution in [0.5, 0.6) is 0 Å². The van der Waals surface area contributed by atoms with Gasteiger partial charge in [0.05, 0.1) is 5.75 Å². The standard InChI is InChI=1S/C11H12FN3S2/c1-2-13-11-15-14-10(17-11)7-16-9-5-3-4-8(12)6-9/h3-6H,2,7H2,1H3,(H,13,15). The number of hydrogen-bond donors (Lipinski definition) is 1. The fraction of sp³-hybridized carbons (Fsp3) is 0.273. The van der Waals surface area contributed by atoms with Crippen molar-refractivity contribution in [3.05, 3.63) is 35.1 Å². The first-order valence-electron chi connectivity index (χ1n) is 5.22. The van der Waals surface area contributed by atoms with Crippen LogP contribution in [0.15, 0.2) is 29.2 Å². The van der Waals surface area contributed by atoms with Crippen molar-refractivity contribution >= 4 is 28.2 Å². The summed E-state index contributed by atoms with van der Waals surface area (Å²) >= 11 is 3.09. The molecule has 3 nitrogen and oxygen atoms in total. The Bertz CT molecular complexity index is 487. The lowest BCUT2D eigenvalue weighted by Gasteiger charge is -1.98. The normalized spacial score (nSPS) is 10.5. The molecule has 0 saturated heterocycles. The third-order valence-corrected chi connectivity index (χ3v) is 4.02. The Hall–Kier alpha value is -1.14. The van der Waals surface area contributed by atoms with Crippen molar-refractivity contribution < 1.29 is 4.39 Å². The Labute approximate surface area is 107 Å². The molecular weight excluding hydrogens is 257 g/mol. The molecule has 0 radical (unpaired) electrons. The van der Waals surface area contributed by atoms with Gasteiger partial charge in [-0.05, 0) is 25.1 Å². The summed E-state index contributed by atoms with van der Waals surface area (Å²) in [6, 6.07) is 6.57. The van der Waals surface area contributed by atoms with E-state index in [-0.39, 0.29) is 5.82 Å². The van der Waals surface area contributed by atoms with E-state index in [2.05, 4.69) is 15.5 Å². The molecule has 0 saturated carbocycles. The number of halogens is 1. The van der Waals surface area contributed by atoms with Crippen molar-refractivity contribution in [2.45, 2.75) is 17.6 Å². The van der Waals surface area contributed by atoms with E-state index in [1.165, 1.54) is 23.5 Å². The molecule has 1 heterocycles. The van der Waals surface area contributed by atoms with Crippen molar-refractivity contribution in [2.24, 2.45) is 0 Å². The molecule has 2 rings (SSSR count). The number of nitrogens with zero attached hydrogens (tertiary/aromatic N) is 2. The molecule has 0 bridgehead atoms. The second-order valence-corrected chi connectivity index (χ2v) is 5.39. The Morgan fingerprint density at radius 1 is 1.41 bits per heavy atom. The molecule has 1 N–H and O–H groups in total. The zero-order valence-electron chi connectivity index (χ0n) is 9.31. The molecule has 0 fully saturated rings. The first-order chi connectivity index (χ1) is 8.28. The summed E-state index contributed by atoms with van der Waals surface area (Å²) in [6.45, 7) is 2.86. The Balaban J connectivity index is 1.93. The average molecular weight is 269 g/mol. The fourth-order valence-electron chi connectivity index (χ4n) is 1.24. The predicted octanol–water partition coefficient (Wildman–Crippen LogP) is 3.40. The molecule has 6 heteroatoms. The van der Waals surface area contributed by atoms with E-state index in [4.69, 9.17) is 0 Å². The van der Waals surface area contributed by atoms with E-state index in [1.54, 1.807) is 17.8 Å². The molecule has 0 spiro atoms. The molecule has 0 unspecified atom stereocenters. The van der Waals surface area contributed by atoms with Gasteiger partial charge in [-0.25, -0.2) is 4.39 Å². The van der Waals surface area contributed by atoms with Crippen LogP contribution >= 0.6 is 23.1 Å². The third-order valence-electron chi connectivity index (χ3n) is 1.95. The van der Waals surface area contributed by atoms with Crippen molar-refractivity contribution in [2.75, 3.05) is 11.9 Å². The maximum Gasteiger partial charge on any atom is 0.205 e. The van der Waals surface area contributed by atoms with Crippen LogP contribution in [0.25, 0.3) is 0 Å². The minimum absolute atomic E-state index is 0.208. The zero-order valence-corrected chi connectivity index (χ0v) is 10.9. The highest BCUT2D eigenvalue weighted by Gasteiger charge is 2.04. The lowest BCUT2D eigenvalue weighted by molar-refractivity contribution is 0.624. The number of thioether (sulfide) groups is 1. The summed E-state index contributed by atoms with van der Waals surface area (Å²) in [5.74, 6) is 0.507. The van der Waals surface area contributed by atoms with Crippen LogP contribution in [-0.2, 0) is 5.75 Å². The van der Waals surface area contributed by atoms with Crippen LogP contribution < -0.4 is 5.32 Å². The number of aromatic nitrogens is 2. The van der Waals surface area contributed by atoms with Gasteiger partial charge in [0, 0.05) is 11.4 Å². The number of nitrogens with one attached hydrogen (secondary N) is 1. The van der Waals surface area contributed by atoms with Crippen molar-refractivity contribution in [3.8, 4) is 0 Å². The second kappa shape index (κ2) is 5.97. The smallest absolute Gasteiger partial charge is 0.205 e. The van der Waals surface area contributed by atoms with Crippen LogP contribution in [-0.4, -0.2) is 16.7 Å². The lowest BCUT2D eigenvalue weighted by Crippen LogP contribution is -1.94. The molecule has 2 aromatic rings. The first kappa shape index (κ1) is 12.3. The molecule has 1 aromatic heterocycles. The summed E-state index contributed by atoms with van der Waals surface area (Å²) in [7, 11) is 0. The maximum absolute atomic E-state index is 12.9. The molecule has 0 aliphatic rings. The zero-order chi connectivity index (χ0) is 12.1. The summed E-state index contributed by atoms with van der Waals surface area (Å²) < 4.78 is 12.9. The Morgan fingerprint density at radius 3 is 3.06 bits per heavy atom. The molecule has 0 aliphatic carbocycles. The average Bonchev–Trinajstić information content (AvgIpc) is 2.75. The summed E-state index contributed by atoms with van der Waals surface area (Å²) in [4.78, 5) is 0.908. The molecule has 0 amide bonds. The quantitative estimate of drug-likeness (QED) is 0.844. The molecule has 1 aromatic carbocycles. The van der Waals surface area contributed by atoms with Gasteiger partial charge in [0.15, 0.2) is 0 Å². The topological polar surface area (TPSA) is 37.8 Å².